The third-order valence-electron chi connectivity index (χ3n) is 4.69. The predicted molar refractivity (Wildman–Crippen MR) is 119 cm³/mol. The second kappa shape index (κ2) is 8.63. The van der Waals surface area contributed by atoms with E-state index in [0.29, 0.717) is 18.5 Å². The van der Waals surface area contributed by atoms with Crippen molar-refractivity contribution in [2.75, 3.05) is 18.1 Å². The SMILES string of the molecule is Cc1ccc(CC(=O)c2ccc(S(=O)(=O)N3CCSCC3C)cc2)cc1I. The number of benzene rings is 2. The van der Waals surface area contributed by atoms with Crippen molar-refractivity contribution in [1.82, 2.24) is 4.31 Å². The topological polar surface area (TPSA) is 54.5 Å². The standard InChI is InChI=1S/C20H22INO3S2/c1-14-3-4-16(11-19(14)21)12-20(23)17-5-7-18(8-6-17)27(24,25)22-9-10-26-13-15(22)2/h3-8,11,15H,9-10,12-13H2,1-2H3. The number of hydrogen-bond donors (Lipinski definition) is 0. The second-order valence-electron chi connectivity index (χ2n) is 6.75. The van der Waals surface area contributed by atoms with Gasteiger partial charge in [-0.2, -0.15) is 16.1 Å². The van der Waals surface area contributed by atoms with Crippen LogP contribution in [0, 0.1) is 10.5 Å². The fourth-order valence-corrected chi connectivity index (χ4v) is 6.48. The largest absolute Gasteiger partial charge is 0.294 e. The molecule has 1 unspecified atom stereocenters. The van der Waals surface area contributed by atoms with Crippen LogP contribution in [-0.2, 0) is 16.4 Å². The van der Waals surface area contributed by atoms with Gasteiger partial charge in [-0.25, -0.2) is 8.42 Å². The van der Waals surface area contributed by atoms with E-state index in [1.807, 2.05) is 32.0 Å². The molecule has 27 heavy (non-hydrogen) atoms. The summed E-state index contributed by atoms with van der Waals surface area (Å²) in [5, 5.41) is 0. The van der Waals surface area contributed by atoms with Crippen LogP contribution in [0.3, 0.4) is 0 Å². The summed E-state index contributed by atoms with van der Waals surface area (Å²) < 4.78 is 28.4. The highest BCUT2D eigenvalue weighted by Gasteiger charge is 2.31. The van der Waals surface area contributed by atoms with Crippen LogP contribution in [0.15, 0.2) is 47.4 Å². The predicted octanol–water partition coefficient (Wildman–Crippen LogP) is 4.15. The molecule has 0 amide bonds. The van der Waals surface area contributed by atoms with Crippen molar-refractivity contribution in [3.05, 3.63) is 62.7 Å². The van der Waals surface area contributed by atoms with E-state index < -0.39 is 10.0 Å². The fraction of sp³-hybridized carbons (Fsp3) is 0.350. The van der Waals surface area contributed by atoms with Crippen molar-refractivity contribution in [1.29, 1.82) is 0 Å². The minimum atomic E-state index is -3.52. The zero-order valence-electron chi connectivity index (χ0n) is 15.3. The third-order valence-corrected chi connectivity index (χ3v) is 9.07. The molecule has 0 aliphatic carbocycles. The van der Waals surface area contributed by atoms with Gasteiger partial charge in [0, 0.05) is 39.6 Å². The molecule has 4 nitrogen and oxygen atoms in total. The Kier molecular flexibility index (Phi) is 6.66. The monoisotopic (exact) mass is 515 g/mol. The first-order valence-electron chi connectivity index (χ1n) is 8.77. The van der Waals surface area contributed by atoms with Crippen LogP contribution >= 0.6 is 34.4 Å². The minimum absolute atomic E-state index is 0.0126. The second-order valence-corrected chi connectivity index (χ2v) is 11.0. The van der Waals surface area contributed by atoms with Crippen LogP contribution in [0.1, 0.15) is 28.4 Å². The van der Waals surface area contributed by atoms with Gasteiger partial charge in [0.15, 0.2) is 5.78 Å². The number of carbonyl (C=O) groups is 1. The molecule has 1 aliphatic rings. The summed E-state index contributed by atoms with van der Waals surface area (Å²) in [5.74, 6) is 1.61. The van der Waals surface area contributed by atoms with Crippen LogP contribution < -0.4 is 0 Å². The molecule has 0 radical (unpaired) electrons. The van der Waals surface area contributed by atoms with Crippen molar-refractivity contribution in [2.24, 2.45) is 0 Å². The van der Waals surface area contributed by atoms with Crippen molar-refractivity contribution in [3.8, 4) is 0 Å². The van der Waals surface area contributed by atoms with Gasteiger partial charge in [0.05, 0.1) is 4.90 Å². The first-order valence-corrected chi connectivity index (χ1v) is 12.4. The van der Waals surface area contributed by atoms with Crippen molar-refractivity contribution >= 4 is 50.2 Å². The van der Waals surface area contributed by atoms with Crippen LogP contribution in [0.25, 0.3) is 0 Å². The molecule has 1 fully saturated rings. The maximum Gasteiger partial charge on any atom is 0.243 e. The van der Waals surface area contributed by atoms with E-state index in [4.69, 9.17) is 0 Å². The Morgan fingerprint density at radius 3 is 2.56 bits per heavy atom. The lowest BCUT2D eigenvalue weighted by atomic mass is 10.0. The smallest absolute Gasteiger partial charge is 0.243 e. The quantitative estimate of drug-likeness (QED) is 0.444. The molecule has 2 aromatic carbocycles. The van der Waals surface area contributed by atoms with Crippen molar-refractivity contribution in [2.45, 2.75) is 31.2 Å². The van der Waals surface area contributed by atoms with E-state index in [1.165, 1.54) is 5.56 Å². The zero-order chi connectivity index (χ0) is 19.6. The maximum atomic E-state index is 12.9. The highest BCUT2D eigenvalue weighted by Crippen LogP contribution is 2.25. The van der Waals surface area contributed by atoms with Gasteiger partial charge in [-0.3, -0.25) is 4.79 Å². The van der Waals surface area contributed by atoms with Crippen molar-refractivity contribution < 1.29 is 13.2 Å². The molecule has 2 aromatic rings. The van der Waals surface area contributed by atoms with Gasteiger partial charge in [-0.15, -0.1) is 0 Å². The van der Waals surface area contributed by atoms with Crippen LogP contribution in [0.5, 0.6) is 0 Å². The third kappa shape index (κ3) is 4.75. The lowest BCUT2D eigenvalue weighted by Gasteiger charge is -2.31. The van der Waals surface area contributed by atoms with E-state index in [0.717, 1.165) is 20.6 Å². The fourth-order valence-electron chi connectivity index (χ4n) is 3.05. The molecule has 144 valence electrons. The van der Waals surface area contributed by atoms with Gasteiger partial charge < -0.3 is 0 Å². The van der Waals surface area contributed by atoms with Gasteiger partial charge >= 0.3 is 0 Å². The van der Waals surface area contributed by atoms with Crippen LogP contribution in [0.2, 0.25) is 0 Å². The normalized spacial score (nSPS) is 18.4. The number of sulfonamides is 1. The zero-order valence-corrected chi connectivity index (χ0v) is 19.1. The van der Waals surface area contributed by atoms with Gasteiger partial charge in [0.1, 0.15) is 0 Å². The average molecular weight is 515 g/mol. The Morgan fingerprint density at radius 1 is 1.22 bits per heavy atom. The highest BCUT2D eigenvalue weighted by atomic mass is 127. The van der Waals surface area contributed by atoms with Crippen molar-refractivity contribution in [3.63, 3.8) is 0 Å². The number of halogens is 1. The number of rotatable bonds is 5. The molecule has 0 spiro atoms. The Balaban J connectivity index is 1.76. The summed E-state index contributed by atoms with van der Waals surface area (Å²) in [6, 6.07) is 12.3. The van der Waals surface area contributed by atoms with E-state index in [1.54, 1.807) is 40.3 Å². The van der Waals surface area contributed by atoms with E-state index >= 15 is 0 Å². The molecule has 0 aromatic heterocycles. The Hall–Kier alpha value is -0.900. The van der Waals surface area contributed by atoms with Gasteiger partial charge in [0.25, 0.3) is 0 Å². The molecule has 0 saturated carbocycles. The first-order chi connectivity index (χ1) is 12.8. The number of aryl methyl sites for hydroxylation is 1. The van der Waals surface area contributed by atoms with Crippen LogP contribution in [-0.4, -0.2) is 42.6 Å². The number of thioether (sulfide) groups is 1. The van der Waals surface area contributed by atoms with Gasteiger partial charge in [-0.05, 0) is 65.8 Å². The molecule has 1 atom stereocenters. The summed E-state index contributed by atoms with van der Waals surface area (Å²) in [6.07, 6.45) is 0.308. The van der Waals surface area contributed by atoms with Gasteiger partial charge in [-0.1, -0.05) is 24.3 Å². The number of hydrogen-bond acceptors (Lipinski definition) is 4. The van der Waals surface area contributed by atoms with Gasteiger partial charge in [0.2, 0.25) is 10.0 Å². The van der Waals surface area contributed by atoms with Crippen LogP contribution in [0.4, 0.5) is 0 Å². The summed E-state index contributed by atoms with van der Waals surface area (Å²) in [5.41, 5.74) is 2.69. The Morgan fingerprint density at radius 2 is 1.93 bits per heavy atom. The molecular weight excluding hydrogens is 493 g/mol. The molecule has 3 rings (SSSR count). The Labute approximate surface area is 178 Å². The number of carbonyl (C=O) groups excluding carboxylic acids is 1. The first kappa shape index (κ1) is 20.8. The van der Waals surface area contributed by atoms with E-state index in [2.05, 4.69) is 22.6 Å². The highest BCUT2D eigenvalue weighted by molar-refractivity contribution is 14.1. The maximum absolute atomic E-state index is 12.9. The summed E-state index contributed by atoms with van der Waals surface area (Å²) >= 11 is 4.04. The number of ketones is 1. The number of Topliss-reactive ketones (excluding diaryl/α,β-unsaturated/α-hetero) is 1. The summed E-state index contributed by atoms with van der Waals surface area (Å²) in [6.45, 7) is 4.50. The number of nitrogens with zero attached hydrogens (tertiary/aromatic N) is 1. The molecule has 1 aliphatic heterocycles. The average Bonchev–Trinajstić information content (AvgIpc) is 2.65. The minimum Gasteiger partial charge on any atom is -0.294 e. The van der Waals surface area contributed by atoms with E-state index in [9.17, 15) is 13.2 Å². The molecule has 1 saturated heterocycles. The summed E-state index contributed by atoms with van der Waals surface area (Å²) in [4.78, 5) is 12.8. The lowest BCUT2D eigenvalue weighted by molar-refractivity contribution is 0.0993. The molecule has 0 N–H and O–H groups in total. The lowest BCUT2D eigenvalue weighted by Crippen LogP contribution is -2.44. The molecule has 7 heteroatoms. The Bertz CT molecular complexity index is 942. The molecule has 1 heterocycles. The molecular formula is C20H22INO3S2. The molecule has 0 bridgehead atoms. The summed E-state index contributed by atoms with van der Waals surface area (Å²) in [7, 11) is -3.52. The van der Waals surface area contributed by atoms with E-state index in [-0.39, 0.29) is 16.7 Å².